The van der Waals surface area contributed by atoms with Crippen molar-refractivity contribution in [3.8, 4) is 11.3 Å². The number of aromatic nitrogens is 2. The molecule has 0 unspecified atom stereocenters. The van der Waals surface area contributed by atoms with Gasteiger partial charge in [-0.05, 0) is 36.4 Å². The summed E-state index contributed by atoms with van der Waals surface area (Å²) in [5.74, 6) is -2.28. The van der Waals surface area contributed by atoms with E-state index in [0.29, 0.717) is 0 Å². The van der Waals surface area contributed by atoms with Crippen LogP contribution in [0.5, 0.6) is 0 Å². The Morgan fingerprint density at radius 2 is 1.63 bits per heavy atom. The number of anilines is 1. The van der Waals surface area contributed by atoms with Crippen molar-refractivity contribution in [3.05, 3.63) is 71.2 Å². The summed E-state index contributed by atoms with van der Waals surface area (Å²) in [6.45, 7) is -0.221. The van der Waals surface area contributed by atoms with Crippen molar-refractivity contribution < 1.29 is 26.3 Å². The molecule has 0 radical (unpaired) electrons. The van der Waals surface area contributed by atoms with E-state index < -0.39 is 29.3 Å². The van der Waals surface area contributed by atoms with Crippen LogP contribution in [0.25, 0.3) is 11.3 Å². The summed E-state index contributed by atoms with van der Waals surface area (Å²) in [7, 11) is 1.27. The number of nitrogens with one attached hydrogen (secondary N) is 1. The van der Waals surface area contributed by atoms with E-state index in [-0.39, 0.29) is 29.1 Å². The molecule has 3 nitrogen and oxygen atoms in total. The highest BCUT2D eigenvalue weighted by atomic mass is 19.4. The molecule has 3 aromatic rings. The second-order valence-electron chi connectivity index (χ2n) is 5.78. The van der Waals surface area contributed by atoms with Gasteiger partial charge in [-0.15, -0.1) is 0 Å². The van der Waals surface area contributed by atoms with Crippen molar-refractivity contribution in [3.63, 3.8) is 0 Å². The number of halogens is 6. The number of alkyl halides is 3. The average molecular weight is 385 g/mol. The normalized spacial score (nSPS) is 11.7. The highest BCUT2D eigenvalue weighted by Gasteiger charge is 2.35. The van der Waals surface area contributed by atoms with Crippen LogP contribution in [-0.4, -0.2) is 9.78 Å². The van der Waals surface area contributed by atoms with Gasteiger partial charge in [0.1, 0.15) is 17.5 Å². The second-order valence-corrected chi connectivity index (χ2v) is 5.78. The average Bonchev–Trinajstić information content (AvgIpc) is 2.96. The van der Waals surface area contributed by atoms with Crippen LogP contribution in [0.15, 0.2) is 42.5 Å². The number of hydrogen-bond acceptors (Lipinski definition) is 2. The van der Waals surface area contributed by atoms with Crippen LogP contribution in [0, 0.1) is 17.5 Å². The minimum Gasteiger partial charge on any atom is -0.381 e. The molecule has 142 valence electrons. The third-order valence-corrected chi connectivity index (χ3v) is 3.95. The maximum Gasteiger partial charge on any atom is 0.435 e. The molecular weight excluding hydrogens is 372 g/mol. The van der Waals surface area contributed by atoms with Gasteiger partial charge in [-0.2, -0.15) is 18.3 Å². The van der Waals surface area contributed by atoms with E-state index in [4.69, 9.17) is 0 Å². The Morgan fingerprint density at radius 1 is 0.963 bits per heavy atom. The minimum atomic E-state index is -4.64. The Labute approximate surface area is 150 Å². The van der Waals surface area contributed by atoms with Gasteiger partial charge in [0.05, 0.1) is 5.69 Å². The quantitative estimate of drug-likeness (QED) is 0.631. The first kappa shape index (κ1) is 18.8. The molecule has 0 amide bonds. The van der Waals surface area contributed by atoms with E-state index in [2.05, 4.69) is 10.4 Å². The van der Waals surface area contributed by atoms with Crippen LogP contribution in [-0.2, 0) is 19.8 Å². The van der Waals surface area contributed by atoms with E-state index in [1.54, 1.807) is 0 Å². The van der Waals surface area contributed by atoms with Gasteiger partial charge in [0.2, 0.25) is 0 Å². The van der Waals surface area contributed by atoms with E-state index in [9.17, 15) is 26.3 Å². The van der Waals surface area contributed by atoms with E-state index in [1.165, 1.54) is 25.2 Å². The lowest BCUT2D eigenvalue weighted by molar-refractivity contribution is -0.141. The molecule has 0 atom stereocenters. The topological polar surface area (TPSA) is 29.9 Å². The van der Waals surface area contributed by atoms with Crippen molar-refractivity contribution in [2.45, 2.75) is 12.7 Å². The van der Waals surface area contributed by atoms with Gasteiger partial charge in [-0.25, -0.2) is 13.2 Å². The van der Waals surface area contributed by atoms with Crippen LogP contribution in [0.1, 0.15) is 11.3 Å². The van der Waals surface area contributed by atoms with Crippen LogP contribution in [0.3, 0.4) is 0 Å². The lowest BCUT2D eigenvalue weighted by Crippen LogP contribution is -2.06. The number of hydrogen-bond donors (Lipinski definition) is 1. The maximum absolute atomic E-state index is 14.4. The van der Waals surface area contributed by atoms with E-state index in [1.807, 2.05) is 0 Å². The van der Waals surface area contributed by atoms with E-state index >= 15 is 0 Å². The number of benzene rings is 2. The van der Waals surface area contributed by atoms with Gasteiger partial charge < -0.3 is 5.32 Å². The fraction of sp³-hybridized carbons (Fsp3) is 0.167. The first-order valence-corrected chi connectivity index (χ1v) is 7.74. The molecule has 0 fully saturated rings. The van der Waals surface area contributed by atoms with Gasteiger partial charge >= 0.3 is 6.18 Å². The molecular formula is C18H13F6N3. The summed E-state index contributed by atoms with van der Waals surface area (Å²) >= 11 is 0. The van der Waals surface area contributed by atoms with Crippen molar-refractivity contribution in [1.82, 2.24) is 9.78 Å². The standard InChI is InChI=1S/C18H13F6N3/c1-27-16(8-17(26-27)18(22,23)24)11-6-5-10(7-15(11)21)25-9-12-13(19)3-2-4-14(12)20/h2-8,25H,9H2,1H3. The van der Waals surface area contributed by atoms with E-state index in [0.717, 1.165) is 28.9 Å². The molecule has 0 saturated heterocycles. The van der Waals surface area contributed by atoms with Crippen molar-refractivity contribution in [2.24, 2.45) is 7.05 Å². The highest BCUT2D eigenvalue weighted by Crippen LogP contribution is 2.33. The summed E-state index contributed by atoms with van der Waals surface area (Å²) in [5, 5.41) is 6.03. The zero-order valence-electron chi connectivity index (χ0n) is 13.9. The monoisotopic (exact) mass is 385 g/mol. The fourth-order valence-electron chi connectivity index (χ4n) is 2.58. The Morgan fingerprint density at radius 3 is 2.19 bits per heavy atom. The van der Waals surface area contributed by atoms with Gasteiger partial charge in [0.25, 0.3) is 0 Å². The number of aryl methyl sites for hydroxylation is 1. The fourth-order valence-corrected chi connectivity index (χ4v) is 2.58. The number of rotatable bonds is 4. The summed E-state index contributed by atoms with van der Waals surface area (Å²) in [4.78, 5) is 0. The molecule has 27 heavy (non-hydrogen) atoms. The third kappa shape index (κ3) is 3.91. The maximum atomic E-state index is 14.4. The third-order valence-electron chi connectivity index (χ3n) is 3.95. The lowest BCUT2D eigenvalue weighted by atomic mass is 10.1. The SMILES string of the molecule is Cn1nc(C(F)(F)F)cc1-c1ccc(NCc2c(F)cccc2F)cc1F. The molecule has 0 saturated carbocycles. The Kier molecular flexibility index (Phi) is 4.86. The predicted octanol–water partition coefficient (Wildman–Crippen LogP) is 5.14. The molecule has 1 N–H and O–H groups in total. The van der Waals surface area contributed by atoms with Gasteiger partial charge in [0.15, 0.2) is 5.69 Å². The summed E-state index contributed by atoms with van der Waals surface area (Å²) in [5.41, 5.74) is -1.24. The van der Waals surface area contributed by atoms with Crippen molar-refractivity contribution in [2.75, 3.05) is 5.32 Å². The van der Waals surface area contributed by atoms with Crippen molar-refractivity contribution >= 4 is 5.69 Å². The van der Waals surface area contributed by atoms with Crippen LogP contribution < -0.4 is 5.32 Å². The van der Waals surface area contributed by atoms with Gasteiger partial charge in [-0.3, -0.25) is 4.68 Å². The lowest BCUT2D eigenvalue weighted by Gasteiger charge is -2.10. The molecule has 2 aromatic carbocycles. The van der Waals surface area contributed by atoms with Crippen LogP contribution in [0.2, 0.25) is 0 Å². The Balaban J connectivity index is 1.83. The molecule has 0 aliphatic rings. The molecule has 0 aliphatic heterocycles. The molecule has 1 heterocycles. The molecule has 3 rings (SSSR count). The smallest absolute Gasteiger partial charge is 0.381 e. The highest BCUT2D eigenvalue weighted by molar-refractivity contribution is 5.64. The zero-order chi connectivity index (χ0) is 19.8. The Hall–Kier alpha value is -2.97. The Bertz CT molecular complexity index is 957. The summed E-state index contributed by atoms with van der Waals surface area (Å²) in [6.07, 6.45) is -4.64. The van der Waals surface area contributed by atoms with Gasteiger partial charge in [0, 0.05) is 30.4 Å². The van der Waals surface area contributed by atoms with Crippen LogP contribution >= 0.6 is 0 Å². The first-order chi connectivity index (χ1) is 12.7. The molecule has 9 heteroatoms. The summed E-state index contributed by atoms with van der Waals surface area (Å²) in [6, 6.07) is 7.89. The predicted molar refractivity (Wildman–Crippen MR) is 87.3 cm³/mol. The molecule has 0 spiro atoms. The minimum absolute atomic E-state index is 0.0495. The zero-order valence-corrected chi connectivity index (χ0v) is 13.9. The molecule has 0 aliphatic carbocycles. The molecule has 0 bridgehead atoms. The summed E-state index contributed by atoms with van der Waals surface area (Å²) < 4.78 is 80.8. The second kappa shape index (κ2) is 6.98. The van der Waals surface area contributed by atoms with Crippen molar-refractivity contribution in [1.29, 1.82) is 0 Å². The number of nitrogens with zero attached hydrogens (tertiary/aromatic N) is 2. The molecule has 1 aromatic heterocycles. The first-order valence-electron chi connectivity index (χ1n) is 7.74. The van der Waals surface area contributed by atoms with Gasteiger partial charge in [-0.1, -0.05) is 6.07 Å². The van der Waals surface area contributed by atoms with Crippen LogP contribution in [0.4, 0.5) is 32.0 Å². The largest absolute Gasteiger partial charge is 0.435 e.